The minimum atomic E-state index is -0.734. The lowest BCUT2D eigenvalue weighted by molar-refractivity contribution is 0.355. The van der Waals surface area contributed by atoms with Crippen molar-refractivity contribution in [3.05, 3.63) is 35.8 Å². The first-order chi connectivity index (χ1) is 8.22. The van der Waals surface area contributed by atoms with Crippen molar-refractivity contribution in [1.29, 1.82) is 0 Å². The first-order valence-electron chi connectivity index (χ1n) is 5.85. The predicted octanol–water partition coefficient (Wildman–Crippen LogP) is 2.55. The third-order valence-electron chi connectivity index (χ3n) is 3.36. The molecule has 1 aromatic heterocycles. The summed E-state index contributed by atoms with van der Waals surface area (Å²) in [5.41, 5.74) is 1.92. The lowest BCUT2D eigenvalue weighted by Crippen LogP contribution is -2.23. The zero-order valence-electron chi connectivity index (χ0n) is 9.34. The summed E-state index contributed by atoms with van der Waals surface area (Å²) in [4.78, 5) is 3.05. The minimum absolute atomic E-state index is 0.189. The van der Waals surface area contributed by atoms with Gasteiger partial charge < -0.3 is 10.3 Å². The number of halogens is 2. The molecule has 1 aliphatic heterocycles. The number of benzene rings is 1. The quantitative estimate of drug-likeness (QED) is 0.824. The van der Waals surface area contributed by atoms with Gasteiger partial charge in [0, 0.05) is 29.7 Å². The summed E-state index contributed by atoms with van der Waals surface area (Å²) in [6.07, 6.45) is 2.50. The molecule has 3 rings (SSSR count). The van der Waals surface area contributed by atoms with E-state index < -0.39 is 6.17 Å². The number of rotatable bonds is 2. The summed E-state index contributed by atoms with van der Waals surface area (Å²) >= 11 is 0. The van der Waals surface area contributed by atoms with Gasteiger partial charge in [-0.3, -0.25) is 0 Å². The molecule has 0 radical (unpaired) electrons. The molecule has 0 bridgehead atoms. The highest BCUT2D eigenvalue weighted by Crippen LogP contribution is 2.22. The van der Waals surface area contributed by atoms with Crippen molar-refractivity contribution in [2.75, 3.05) is 6.54 Å². The van der Waals surface area contributed by atoms with Crippen LogP contribution >= 0.6 is 0 Å². The summed E-state index contributed by atoms with van der Waals surface area (Å²) in [6.45, 7) is 0.446. The number of hydrogen-bond acceptors (Lipinski definition) is 1. The van der Waals surface area contributed by atoms with Gasteiger partial charge in [0.25, 0.3) is 0 Å². The van der Waals surface area contributed by atoms with E-state index in [1.807, 2.05) is 6.20 Å². The smallest absolute Gasteiger partial charge is 0.125 e. The fourth-order valence-corrected chi connectivity index (χ4v) is 2.52. The molecule has 1 fully saturated rings. The average molecular weight is 236 g/mol. The van der Waals surface area contributed by atoms with Crippen LogP contribution < -0.4 is 5.32 Å². The number of aromatic amines is 1. The second kappa shape index (κ2) is 4.11. The average Bonchev–Trinajstić information content (AvgIpc) is 2.86. The third kappa shape index (κ3) is 2.05. The SMILES string of the molecule is Fc1ccc2c(C[C@@H]3C[C@H](F)CN3)c[nH]c2c1. The van der Waals surface area contributed by atoms with Gasteiger partial charge in [-0.2, -0.15) is 0 Å². The minimum Gasteiger partial charge on any atom is -0.361 e. The molecule has 90 valence electrons. The van der Waals surface area contributed by atoms with Gasteiger partial charge >= 0.3 is 0 Å². The topological polar surface area (TPSA) is 27.8 Å². The number of aromatic nitrogens is 1. The van der Waals surface area contributed by atoms with Gasteiger partial charge in [0.05, 0.1) is 0 Å². The molecule has 1 aromatic carbocycles. The summed E-state index contributed by atoms with van der Waals surface area (Å²) in [5, 5.41) is 4.18. The number of fused-ring (bicyclic) bond motifs is 1. The lowest BCUT2D eigenvalue weighted by atomic mass is 10.0. The Labute approximate surface area is 98.0 Å². The molecule has 0 aliphatic carbocycles. The van der Waals surface area contributed by atoms with Gasteiger partial charge in [-0.15, -0.1) is 0 Å². The van der Waals surface area contributed by atoms with Gasteiger partial charge in [-0.05, 0) is 36.6 Å². The molecule has 2 N–H and O–H groups in total. The Kier molecular flexibility index (Phi) is 2.59. The molecule has 1 saturated heterocycles. The number of H-pyrrole nitrogens is 1. The molecule has 17 heavy (non-hydrogen) atoms. The zero-order valence-corrected chi connectivity index (χ0v) is 9.34. The Hall–Kier alpha value is -1.42. The highest BCUT2D eigenvalue weighted by Gasteiger charge is 2.24. The Morgan fingerprint density at radius 1 is 1.35 bits per heavy atom. The molecule has 0 unspecified atom stereocenters. The van der Waals surface area contributed by atoms with Crippen molar-refractivity contribution in [2.45, 2.75) is 25.1 Å². The van der Waals surface area contributed by atoms with Crippen LogP contribution in [0.5, 0.6) is 0 Å². The van der Waals surface area contributed by atoms with E-state index in [0.29, 0.717) is 13.0 Å². The summed E-state index contributed by atoms with van der Waals surface area (Å²) < 4.78 is 26.1. The summed E-state index contributed by atoms with van der Waals surface area (Å²) in [5.74, 6) is -0.242. The van der Waals surface area contributed by atoms with Crippen LogP contribution in [0.1, 0.15) is 12.0 Å². The van der Waals surface area contributed by atoms with Crippen LogP contribution in [0.15, 0.2) is 24.4 Å². The molecule has 2 nitrogen and oxygen atoms in total. The second-order valence-electron chi connectivity index (χ2n) is 4.65. The van der Waals surface area contributed by atoms with Crippen molar-refractivity contribution in [1.82, 2.24) is 10.3 Å². The van der Waals surface area contributed by atoms with Crippen LogP contribution in [0.25, 0.3) is 10.9 Å². The molecule has 0 saturated carbocycles. The maximum Gasteiger partial charge on any atom is 0.125 e. The van der Waals surface area contributed by atoms with E-state index in [2.05, 4.69) is 10.3 Å². The molecular weight excluding hydrogens is 222 g/mol. The number of alkyl halides is 1. The normalized spacial score (nSPS) is 24.6. The molecule has 2 aromatic rings. The third-order valence-corrected chi connectivity index (χ3v) is 3.36. The molecular formula is C13H14F2N2. The van der Waals surface area contributed by atoms with Crippen molar-refractivity contribution in [3.63, 3.8) is 0 Å². The predicted molar refractivity (Wildman–Crippen MR) is 63.3 cm³/mol. The molecule has 0 spiro atoms. The van der Waals surface area contributed by atoms with E-state index in [-0.39, 0.29) is 11.9 Å². The maximum absolute atomic E-state index is 13.0. The Bertz CT molecular complexity index is 535. The monoisotopic (exact) mass is 236 g/mol. The van der Waals surface area contributed by atoms with Gasteiger partial charge in [-0.1, -0.05) is 0 Å². The van der Waals surface area contributed by atoms with Crippen LogP contribution in [0.3, 0.4) is 0 Å². The fraction of sp³-hybridized carbons (Fsp3) is 0.385. The number of nitrogens with one attached hydrogen (secondary N) is 2. The molecule has 4 heteroatoms. The van der Waals surface area contributed by atoms with Crippen LogP contribution in [0, 0.1) is 5.82 Å². The molecule has 0 amide bonds. The van der Waals surface area contributed by atoms with Crippen molar-refractivity contribution >= 4 is 10.9 Å². The standard InChI is InChI=1S/C13H14F2N2/c14-9-1-2-12-8(6-17-13(12)5-9)3-11-4-10(15)7-16-11/h1-2,5-6,10-11,16-17H,3-4,7H2/t10-,11+/m0/s1. The fourth-order valence-electron chi connectivity index (χ4n) is 2.52. The molecule has 2 heterocycles. The van der Waals surface area contributed by atoms with Gasteiger partial charge in [-0.25, -0.2) is 8.78 Å². The lowest BCUT2D eigenvalue weighted by Gasteiger charge is -2.08. The van der Waals surface area contributed by atoms with Crippen LogP contribution in [-0.4, -0.2) is 23.7 Å². The van der Waals surface area contributed by atoms with E-state index in [1.54, 1.807) is 6.07 Å². The zero-order chi connectivity index (χ0) is 11.8. The highest BCUT2D eigenvalue weighted by atomic mass is 19.1. The van der Waals surface area contributed by atoms with Crippen molar-refractivity contribution in [3.8, 4) is 0 Å². The van der Waals surface area contributed by atoms with E-state index >= 15 is 0 Å². The van der Waals surface area contributed by atoms with Gasteiger partial charge in [0.15, 0.2) is 0 Å². The first kappa shape index (κ1) is 10.7. The van der Waals surface area contributed by atoms with Crippen LogP contribution in [0.4, 0.5) is 8.78 Å². The maximum atomic E-state index is 13.0. The first-order valence-corrected chi connectivity index (χ1v) is 5.85. The largest absolute Gasteiger partial charge is 0.361 e. The Balaban J connectivity index is 1.85. The molecule has 2 atom stereocenters. The van der Waals surface area contributed by atoms with Gasteiger partial charge in [0.2, 0.25) is 0 Å². The van der Waals surface area contributed by atoms with E-state index in [9.17, 15) is 8.78 Å². The van der Waals surface area contributed by atoms with Crippen LogP contribution in [-0.2, 0) is 6.42 Å². The molecule has 1 aliphatic rings. The summed E-state index contributed by atoms with van der Waals surface area (Å²) in [6, 6.07) is 4.91. The van der Waals surface area contributed by atoms with E-state index in [1.165, 1.54) is 12.1 Å². The van der Waals surface area contributed by atoms with Crippen molar-refractivity contribution in [2.24, 2.45) is 0 Å². The highest BCUT2D eigenvalue weighted by molar-refractivity contribution is 5.83. The van der Waals surface area contributed by atoms with E-state index in [4.69, 9.17) is 0 Å². The summed E-state index contributed by atoms with van der Waals surface area (Å²) in [7, 11) is 0. The number of hydrogen-bond donors (Lipinski definition) is 2. The Morgan fingerprint density at radius 3 is 3.00 bits per heavy atom. The second-order valence-corrected chi connectivity index (χ2v) is 4.65. The van der Waals surface area contributed by atoms with Gasteiger partial charge in [0.1, 0.15) is 12.0 Å². The van der Waals surface area contributed by atoms with E-state index in [0.717, 1.165) is 22.9 Å². The van der Waals surface area contributed by atoms with Crippen LogP contribution in [0.2, 0.25) is 0 Å². The Morgan fingerprint density at radius 2 is 2.24 bits per heavy atom. The van der Waals surface area contributed by atoms with Crippen molar-refractivity contribution < 1.29 is 8.78 Å².